The van der Waals surface area contributed by atoms with Crippen LogP contribution in [0.15, 0.2) is 53.0 Å². The monoisotopic (exact) mass is 333 g/mol. The second kappa shape index (κ2) is 8.08. The molecule has 106 valence electrons. The first-order valence-electron chi connectivity index (χ1n) is 6.99. The highest BCUT2D eigenvalue weighted by Gasteiger charge is 1.99. The maximum Gasteiger partial charge on any atom is 0.119 e. The van der Waals surface area contributed by atoms with Gasteiger partial charge in [0.25, 0.3) is 0 Å². The fraction of sp³-hybridized carbons (Fsp3) is 0.294. The molecule has 2 aromatic rings. The van der Waals surface area contributed by atoms with Gasteiger partial charge in [0.2, 0.25) is 0 Å². The summed E-state index contributed by atoms with van der Waals surface area (Å²) in [4.78, 5) is 0. The van der Waals surface area contributed by atoms with Crippen molar-refractivity contribution in [1.82, 2.24) is 5.32 Å². The molecule has 1 N–H and O–H groups in total. The van der Waals surface area contributed by atoms with Crippen LogP contribution in [0.4, 0.5) is 0 Å². The van der Waals surface area contributed by atoms with Crippen molar-refractivity contribution in [1.29, 1.82) is 0 Å². The molecule has 2 nitrogen and oxygen atoms in total. The van der Waals surface area contributed by atoms with E-state index in [0.717, 1.165) is 36.3 Å². The van der Waals surface area contributed by atoms with Crippen molar-refractivity contribution in [3.63, 3.8) is 0 Å². The largest absolute Gasteiger partial charge is 0.494 e. The summed E-state index contributed by atoms with van der Waals surface area (Å²) in [5.41, 5.74) is 2.42. The highest BCUT2D eigenvalue weighted by atomic mass is 79.9. The van der Waals surface area contributed by atoms with E-state index < -0.39 is 0 Å². The standard InChI is InChI=1S/C17H20BrNO/c1-2-19-12-3-13-20-17-10-6-15(7-11-17)14-4-8-16(18)9-5-14/h4-11,19H,2-3,12-13H2,1H3. The lowest BCUT2D eigenvalue weighted by Crippen LogP contribution is -2.16. The van der Waals surface area contributed by atoms with Crippen LogP contribution < -0.4 is 10.1 Å². The van der Waals surface area contributed by atoms with Gasteiger partial charge in [0.15, 0.2) is 0 Å². The third kappa shape index (κ3) is 4.66. The van der Waals surface area contributed by atoms with Crippen molar-refractivity contribution in [3.8, 4) is 16.9 Å². The lowest BCUT2D eigenvalue weighted by Gasteiger charge is -2.08. The molecular weight excluding hydrogens is 314 g/mol. The number of benzene rings is 2. The number of nitrogens with one attached hydrogen (secondary N) is 1. The van der Waals surface area contributed by atoms with Crippen LogP contribution in [0.25, 0.3) is 11.1 Å². The van der Waals surface area contributed by atoms with Gasteiger partial charge in [0.1, 0.15) is 5.75 Å². The van der Waals surface area contributed by atoms with Crippen LogP contribution in [0.1, 0.15) is 13.3 Å². The molecule has 20 heavy (non-hydrogen) atoms. The summed E-state index contributed by atoms with van der Waals surface area (Å²) in [5.74, 6) is 0.933. The topological polar surface area (TPSA) is 21.3 Å². The average molecular weight is 334 g/mol. The van der Waals surface area contributed by atoms with Crippen LogP contribution in [-0.4, -0.2) is 19.7 Å². The lowest BCUT2D eigenvalue weighted by atomic mass is 10.1. The van der Waals surface area contributed by atoms with Crippen molar-refractivity contribution >= 4 is 15.9 Å². The Bertz CT molecular complexity index is 508. The molecular formula is C17H20BrNO. The third-order valence-electron chi connectivity index (χ3n) is 3.05. The molecule has 0 saturated heterocycles. The molecule has 0 atom stereocenters. The summed E-state index contributed by atoms with van der Waals surface area (Å²) in [5, 5.41) is 3.29. The predicted octanol–water partition coefficient (Wildman–Crippen LogP) is 4.49. The first kappa shape index (κ1) is 15.1. The molecule has 0 aromatic heterocycles. The quantitative estimate of drug-likeness (QED) is 0.753. The lowest BCUT2D eigenvalue weighted by molar-refractivity contribution is 0.309. The van der Waals surface area contributed by atoms with Crippen molar-refractivity contribution in [3.05, 3.63) is 53.0 Å². The van der Waals surface area contributed by atoms with Gasteiger partial charge in [0, 0.05) is 4.47 Å². The van der Waals surface area contributed by atoms with Gasteiger partial charge in [-0.2, -0.15) is 0 Å². The van der Waals surface area contributed by atoms with E-state index in [9.17, 15) is 0 Å². The van der Waals surface area contributed by atoms with Gasteiger partial charge in [-0.25, -0.2) is 0 Å². The van der Waals surface area contributed by atoms with Crippen LogP contribution in [0.2, 0.25) is 0 Å². The Hall–Kier alpha value is -1.32. The fourth-order valence-electron chi connectivity index (χ4n) is 1.95. The first-order valence-corrected chi connectivity index (χ1v) is 7.78. The normalized spacial score (nSPS) is 10.5. The molecule has 2 aromatic carbocycles. The fourth-order valence-corrected chi connectivity index (χ4v) is 2.21. The van der Waals surface area contributed by atoms with Crippen molar-refractivity contribution < 1.29 is 4.74 Å². The van der Waals surface area contributed by atoms with Gasteiger partial charge in [-0.15, -0.1) is 0 Å². The highest BCUT2D eigenvalue weighted by Crippen LogP contribution is 2.24. The van der Waals surface area contributed by atoms with E-state index in [1.54, 1.807) is 0 Å². The Kier molecular flexibility index (Phi) is 6.09. The van der Waals surface area contributed by atoms with Crippen molar-refractivity contribution in [2.45, 2.75) is 13.3 Å². The molecule has 0 radical (unpaired) electrons. The molecule has 0 heterocycles. The van der Waals surface area contributed by atoms with Gasteiger partial charge in [-0.3, -0.25) is 0 Å². The Morgan fingerprint density at radius 3 is 2.15 bits per heavy atom. The molecule has 0 saturated carbocycles. The van der Waals surface area contributed by atoms with E-state index in [4.69, 9.17) is 4.74 Å². The number of hydrogen-bond acceptors (Lipinski definition) is 2. The van der Waals surface area contributed by atoms with E-state index in [2.05, 4.69) is 64.6 Å². The predicted molar refractivity (Wildman–Crippen MR) is 88.2 cm³/mol. The molecule has 0 bridgehead atoms. The van der Waals surface area contributed by atoms with E-state index in [0.29, 0.717) is 0 Å². The van der Waals surface area contributed by atoms with Gasteiger partial charge >= 0.3 is 0 Å². The zero-order chi connectivity index (χ0) is 14.2. The Balaban J connectivity index is 1.88. The first-order chi connectivity index (χ1) is 9.79. The Morgan fingerprint density at radius 1 is 0.950 bits per heavy atom. The zero-order valence-electron chi connectivity index (χ0n) is 11.7. The van der Waals surface area contributed by atoms with E-state index in [1.807, 2.05) is 12.1 Å². The minimum Gasteiger partial charge on any atom is -0.494 e. The molecule has 0 fully saturated rings. The van der Waals surface area contributed by atoms with Crippen LogP contribution >= 0.6 is 15.9 Å². The van der Waals surface area contributed by atoms with Crippen LogP contribution in [-0.2, 0) is 0 Å². The Labute approximate surface area is 129 Å². The number of ether oxygens (including phenoxy) is 1. The second-order valence-corrected chi connectivity index (χ2v) is 5.50. The summed E-state index contributed by atoms with van der Waals surface area (Å²) >= 11 is 3.45. The van der Waals surface area contributed by atoms with Gasteiger partial charge < -0.3 is 10.1 Å². The maximum absolute atomic E-state index is 5.72. The van der Waals surface area contributed by atoms with Crippen LogP contribution in [0.5, 0.6) is 5.75 Å². The maximum atomic E-state index is 5.72. The van der Waals surface area contributed by atoms with E-state index in [-0.39, 0.29) is 0 Å². The second-order valence-electron chi connectivity index (χ2n) is 4.59. The van der Waals surface area contributed by atoms with E-state index in [1.165, 1.54) is 11.1 Å². The number of halogens is 1. The SMILES string of the molecule is CCNCCCOc1ccc(-c2ccc(Br)cc2)cc1. The molecule has 0 aliphatic carbocycles. The average Bonchev–Trinajstić information content (AvgIpc) is 2.49. The van der Waals surface area contributed by atoms with Crippen LogP contribution in [0.3, 0.4) is 0 Å². The van der Waals surface area contributed by atoms with Crippen molar-refractivity contribution in [2.24, 2.45) is 0 Å². The third-order valence-corrected chi connectivity index (χ3v) is 3.58. The van der Waals surface area contributed by atoms with Crippen LogP contribution in [0, 0.1) is 0 Å². The molecule has 3 heteroatoms. The number of rotatable bonds is 7. The molecule has 0 aliphatic rings. The minimum absolute atomic E-state index is 0.755. The molecule has 0 aliphatic heterocycles. The molecule has 2 rings (SSSR count). The van der Waals surface area contributed by atoms with Crippen molar-refractivity contribution in [2.75, 3.05) is 19.7 Å². The van der Waals surface area contributed by atoms with Gasteiger partial charge in [0.05, 0.1) is 6.61 Å². The summed E-state index contributed by atoms with van der Waals surface area (Å²) in [6.45, 7) is 4.89. The minimum atomic E-state index is 0.755. The summed E-state index contributed by atoms with van der Waals surface area (Å²) < 4.78 is 6.81. The highest BCUT2D eigenvalue weighted by molar-refractivity contribution is 9.10. The number of hydrogen-bond donors (Lipinski definition) is 1. The van der Waals surface area contributed by atoms with Gasteiger partial charge in [-0.1, -0.05) is 47.1 Å². The zero-order valence-corrected chi connectivity index (χ0v) is 13.3. The molecule has 0 unspecified atom stereocenters. The van der Waals surface area contributed by atoms with Gasteiger partial charge in [-0.05, 0) is 54.9 Å². The summed E-state index contributed by atoms with van der Waals surface area (Å²) in [6.07, 6.45) is 1.03. The summed E-state index contributed by atoms with van der Waals surface area (Å²) in [7, 11) is 0. The Morgan fingerprint density at radius 2 is 1.55 bits per heavy atom. The molecule has 0 spiro atoms. The molecule has 0 amide bonds. The smallest absolute Gasteiger partial charge is 0.119 e. The van der Waals surface area contributed by atoms with E-state index >= 15 is 0 Å². The summed E-state index contributed by atoms with van der Waals surface area (Å²) in [6, 6.07) is 16.6.